The van der Waals surface area contributed by atoms with Gasteiger partial charge in [-0.3, -0.25) is 0 Å². The Balaban J connectivity index is 2.19. The Morgan fingerprint density at radius 3 is 2.90 bits per heavy atom. The van der Waals surface area contributed by atoms with Crippen LogP contribution in [-0.4, -0.2) is 39.8 Å². The zero-order valence-corrected chi connectivity index (χ0v) is 12.6. The van der Waals surface area contributed by atoms with Crippen LogP contribution in [0.5, 0.6) is 0 Å². The number of ether oxygens (including phenoxy) is 1. The van der Waals surface area contributed by atoms with Crippen molar-refractivity contribution in [1.82, 2.24) is 0 Å². The Labute approximate surface area is 123 Å². The number of benzene rings is 1. The summed E-state index contributed by atoms with van der Waals surface area (Å²) in [6, 6.07) is 4.66. The third kappa shape index (κ3) is 3.76. The van der Waals surface area contributed by atoms with Crippen molar-refractivity contribution in [2.24, 2.45) is 0 Å². The topological polar surface area (TPSA) is 81.7 Å². The Kier molecular flexibility index (Phi) is 4.74. The summed E-state index contributed by atoms with van der Waals surface area (Å²) in [6.07, 6.45) is 0.535. The average molecular weight is 320 g/mol. The standard InChI is InChI=1S/C12H16ClN2O4S/c1-19-8-15(16)12-6-9(13)2-3-11(12)14-10-4-5-20(17,18)7-10/h2-3,6,10,14H,4-5,7-8H2,1H3/q-1. The molecule has 0 amide bonds. The summed E-state index contributed by atoms with van der Waals surface area (Å²) in [5.41, 5.74) is 0.896. The highest BCUT2D eigenvalue weighted by atomic mass is 35.5. The van der Waals surface area contributed by atoms with E-state index in [2.05, 4.69) is 5.32 Å². The third-order valence-electron chi connectivity index (χ3n) is 3.07. The van der Waals surface area contributed by atoms with Gasteiger partial charge >= 0.3 is 0 Å². The summed E-state index contributed by atoms with van der Waals surface area (Å²) >= 11 is 5.89. The fourth-order valence-corrected chi connectivity index (χ4v) is 3.99. The van der Waals surface area contributed by atoms with Gasteiger partial charge in [0.25, 0.3) is 0 Å². The highest BCUT2D eigenvalue weighted by Crippen LogP contribution is 2.30. The Bertz CT molecular complexity index is 579. The highest BCUT2D eigenvalue weighted by Gasteiger charge is 2.28. The van der Waals surface area contributed by atoms with E-state index in [1.807, 2.05) is 0 Å². The van der Waals surface area contributed by atoms with Gasteiger partial charge in [0.15, 0.2) is 9.84 Å². The van der Waals surface area contributed by atoms with Crippen molar-refractivity contribution in [3.8, 4) is 0 Å². The van der Waals surface area contributed by atoms with E-state index in [9.17, 15) is 13.6 Å². The number of methoxy groups -OCH3 is 1. The highest BCUT2D eigenvalue weighted by molar-refractivity contribution is 7.91. The molecule has 0 bridgehead atoms. The largest absolute Gasteiger partial charge is 0.757 e. The molecule has 1 N–H and O–H groups in total. The van der Waals surface area contributed by atoms with Crippen LogP contribution in [0.1, 0.15) is 6.42 Å². The van der Waals surface area contributed by atoms with Crippen LogP contribution in [0.2, 0.25) is 5.02 Å². The predicted octanol–water partition coefficient (Wildman–Crippen LogP) is 1.85. The van der Waals surface area contributed by atoms with Gasteiger partial charge in [-0.1, -0.05) is 11.6 Å². The van der Waals surface area contributed by atoms with Crippen LogP contribution in [0, 0.1) is 5.21 Å². The molecule has 1 heterocycles. The molecule has 1 aliphatic heterocycles. The van der Waals surface area contributed by atoms with Gasteiger partial charge in [0, 0.05) is 18.2 Å². The fourth-order valence-electron chi connectivity index (χ4n) is 2.15. The Morgan fingerprint density at radius 1 is 1.55 bits per heavy atom. The maximum Gasteiger partial charge on any atom is 0.152 e. The van der Waals surface area contributed by atoms with Gasteiger partial charge in [-0.2, -0.15) is 0 Å². The second kappa shape index (κ2) is 6.17. The average Bonchev–Trinajstić information content (AvgIpc) is 2.71. The number of nitrogens with zero attached hydrogens (tertiary/aromatic N) is 1. The quantitative estimate of drug-likeness (QED) is 0.659. The summed E-state index contributed by atoms with van der Waals surface area (Å²) in [6.45, 7) is -0.127. The van der Waals surface area contributed by atoms with Crippen molar-refractivity contribution in [2.45, 2.75) is 12.5 Å². The van der Waals surface area contributed by atoms with E-state index in [4.69, 9.17) is 16.3 Å². The third-order valence-corrected chi connectivity index (χ3v) is 5.07. The van der Waals surface area contributed by atoms with Crippen LogP contribution in [0.25, 0.3) is 0 Å². The van der Waals surface area contributed by atoms with Crippen LogP contribution >= 0.6 is 11.6 Å². The van der Waals surface area contributed by atoms with Gasteiger partial charge < -0.3 is 20.3 Å². The predicted molar refractivity (Wildman–Crippen MR) is 79.9 cm³/mol. The van der Waals surface area contributed by atoms with E-state index < -0.39 is 9.84 Å². The van der Waals surface area contributed by atoms with Gasteiger partial charge in [-0.05, 0) is 24.6 Å². The molecule has 0 aliphatic carbocycles. The van der Waals surface area contributed by atoms with Crippen molar-refractivity contribution in [3.63, 3.8) is 0 Å². The molecule has 0 aromatic heterocycles. The van der Waals surface area contributed by atoms with E-state index in [1.165, 1.54) is 13.2 Å². The number of nitrogens with one attached hydrogen (secondary N) is 1. The number of anilines is 2. The zero-order valence-electron chi connectivity index (χ0n) is 11.0. The van der Waals surface area contributed by atoms with Gasteiger partial charge in [0.05, 0.1) is 22.9 Å². The van der Waals surface area contributed by atoms with Crippen molar-refractivity contribution in [1.29, 1.82) is 0 Å². The van der Waals surface area contributed by atoms with E-state index in [1.54, 1.807) is 12.1 Å². The smallest absolute Gasteiger partial charge is 0.152 e. The zero-order chi connectivity index (χ0) is 14.8. The van der Waals surface area contributed by atoms with E-state index in [-0.39, 0.29) is 24.3 Å². The van der Waals surface area contributed by atoms with E-state index >= 15 is 0 Å². The summed E-state index contributed by atoms with van der Waals surface area (Å²) in [5.74, 6) is 0.255. The van der Waals surface area contributed by atoms with Gasteiger partial charge in [0.1, 0.15) is 6.73 Å². The molecule has 8 heteroatoms. The molecule has 0 spiro atoms. The van der Waals surface area contributed by atoms with Crippen molar-refractivity contribution < 1.29 is 13.2 Å². The van der Waals surface area contributed by atoms with Gasteiger partial charge in [-0.25, -0.2) is 8.42 Å². The minimum Gasteiger partial charge on any atom is -0.757 e. The molecule has 6 nitrogen and oxygen atoms in total. The Hall–Kier alpha value is -1.02. The molecule has 1 aromatic rings. The molecule has 1 saturated heterocycles. The minimum atomic E-state index is -2.97. The van der Waals surface area contributed by atoms with Gasteiger partial charge in [0.2, 0.25) is 0 Å². The molecule has 20 heavy (non-hydrogen) atoms. The number of hydroxylamine groups is 1. The first-order chi connectivity index (χ1) is 9.41. The lowest BCUT2D eigenvalue weighted by atomic mass is 10.2. The lowest BCUT2D eigenvalue weighted by Crippen LogP contribution is -2.24. The second-order valence-corrected chi connectivity index (χ2v) is 7.37. The lowest BCUT2D eigenvalue weighted by molar-refractivity contribution is 0.205. The number of rotatable bonds is 5. The summed E-state index contributed by atoms with van der Waals surface area (Å²) in [7, 11) is -1.55. The maximum atomic E-state index is 11.9. The molecule has 1 aliphatic rings. The summed E-state index contributed by atoms with van der Waals surface area (Å²) < 4.78 is 27.7. The SMILES string of the molecule is COCN([O-])c1cc(Cl)ccc1NC1CCS(=O)(=O)C1. The molecular formula is C12H16ClN2O4S-. The molecule has 112 valence electrons. The van der Waals surface area contributed by atoms with Crippen LogP contribution in [0.3, 0.4) is 0 Å². The monoisotopic (exact) mass is 319 g/mol. The summed E-state index contributed by atoms with van der Waals surface area (Å²) in [4.78, 5) is 0. The second-order valence-electron chi connectivity index (χ2n) is 4.70. The molecule has 1 unspecified atom stereocenters. The minimum absolute atomic E-state index is 0.0815. The van der Waals surface area contributed by atoms with E-state index in [0.717, 1.165) is 0 Å². The Morgan fingerprint density at radius 2 is 2.30 bits per heavy atom. The summed E-state index contributed by atoms with van der Waals surface area (Å²) in [5, 5.41) is 16.1. The first-order valence-electron chi connectivity index (χ1n) is 6.11. The molecule has 1 aromatic carbocycles. The molecule has 2 rings (SSSR count). The number of sulfone groups is 1. The number of halogens is 1. The fraction of sp³-hybridized carbons (Fsp3) is 0.500. The van der Waals surface area contributed by atoms with Gasteiger partial charge in [-0.15, -0.1) is 0 Å². The molecule has 1 atom stereocenters. The normalized spacial score (nSPS) is 20.9. The van der Waals surface area contributed by atoms with Crippen LogP contribution in [-0.2, 0) is 14.6 Å². The van der Waals surface area contributed by atoms with Crippen LogP contribution in [0.15, 0.2) is 18.2 Å². The lowest BCUT2D eigenvalue weighted by Gasteiger charge is -2.32. The van der Waals surface area contributed by atoms with Crippen molar-refractivity contribution in [2.75, 3.05) is 35.7 Å². The molecule has 0 saturated carbocycles. The molecular weight excluding hydrogens is 304 g/mol. The maximum absolute atomic E-state index is 11.9. The van der Waals surface area contributed by atoms with Crippen molar-refractivity contribution >= 4 is 32.8 Å². The number of hydrogen-bond acceptors (Lipinski definition) is 6. The van der Waals surface area contributed by atoms with Crippen molar-refractivity contribution in [3.05, 3.63) is 28.4 Å². The van der Waals surface area contributed by atoms with Crippen LogP contribution in [0.4, 0.5) is 11.4 Å². The molecule has 1 fully saturated rings. The number of hydrogen-bond donors (Lipinski definition) is 1. The first-order valence-corrected chi connectivity index (χ1v) is 8.31. The molecule has 0 radical (unpaired) electrons. The van der Waals surface area contributed by atoms with E-state index in [0.29, 0.717) is 27.9 Å². The first kappa shape index (κ1) is 15.4. The van der Waals surface area contributed by atoms with Crippen LogP contribution < -0.4 is 10.4 Å².